The summed E-state index contributed by atoms with van der Waals surface area (Å²) in [5.74, 6) is 2.87. The summed E-state index contributed by atoms with van der Waals surface area (Å²) in [6.07, 6.45) is 0. The molecule has 2 aromatic carbocycles. The van der Waals surface area contributed by atoms with Crippen molar-refractivity contribution in [1.82, 2.24) is 9.78 Å². The number of carbonyl (C=O) groups is 1. The minimum atomic E-state index is -0.200. The van der Waals surface area contributed by atoms with Gasteiger partial charge in [-0.15, -0.1) is 0 Å². The molecule has 0 aliphatic carbocycles. The molecule has 1 aliphatic heterocycles. The van der Waals surface area contributed by atoms with Crippen LogP contribution in [0.3, 0.4) is 0 Å². The molecule has 5 nitrogen and oxygen atoms in total. The number of nitrogens with zero attached hydrogens (tertiary/aromatic N) is 2. The molecule has 0 unspecified atom stereocenters. The lowest BCUT2D eigenvalue weighted by Gasteiger charge is -2.12. The second-order valence-electron chi connectivity index (χ2n) is 6.31. The number of carbonyl (C=O) groups excluding carboxylic acids is 1. The summed E-state index contributed by atoms with van der Waals surface area (Å²) in [5.41, 5.74) is 4.75. The topological polar surface area (TPSA) is 56.1 Å². The van der Waals surface area contributed by atoms with Gasteiger partial charge >= 0.3 is 0 Å². The van der Waals surface area contributed by atoms with Crippen LogP contribution in [0.2, 0.25) is 0 Å². The van der Waals surface area contributed by atoms with Gasteiger partial charge in [-0.1, -0.05) is 17.7 Å². The summed E-state index contributed by atoms with van der Waals surface area (Å²) in [6.45, 7) is 2.05. The first-order valence-corrected chi connectivity index (χ1v) is 10.4. The van der Waals surface area contributed by atoms with Gasteiger partial charge in [0.15, 0.2) is 0 Å². The van der Waals surface area contributed by atoms with Crippen LogP contribution in [-0.4, -0.2) is 22.8 Å². The lowest BCUT2D eigenvalue weighted by atomic mass is 10.2. The van der Waals surface area contributed by atoms with Crippen LogP contribution in [0.1, 0.15) is 27.2 Å². The second kappa shape index (κ2) is 7.40. The predicted molar refractivity (Wildman–Crippen MR) is 112 cm³/mol. The lowest BCUT2D eigenvalue weighted by molar-refractivity contribution is 0.102. The van der Waals surface area contributed by atoms with Gasteiger partial charge in [-0.3, -0.25) is 4.79 Å². The van der Waals surface area contributed by atoms with Crippen LogP contribution in [0.25, 0.3) is 5.69 Å². The molecule has 1 amide bonds. The van der Waals surface area contributed by atoms with Gasteiger partial charge in [0.05, 0.1) is 24.1 Å². The number of nitrogens with one attached hydrogen (secondary N) is 1. The Kier molecular flexibility index (Phi) is 4.97. The van der Waals surface area contributed by atoms with Gasteiger partial charge in [0.1, 0.15) is 11.6 Å². The number of thioether (sulfide) groups is 1. The summed E-state index contributed by atoms with van der Waals surface area (Å²) in [7, 11) is 1.58. The van der Waals surface area contributed by atoms with Crippen molar-refractivity contribution in [3.63, 3.8) is 0 Å². The van der Waals surface area contributed by atoms with E-state index < -0.39 is 0 Å². The summed E-state index contributed by atoms with van der Waals surface area (Å²) < 4.78 is 7.80. The van der Waals surface area contributed by atoms with Gasteiger partial charge in [-0.2, -0.15) is 16.9 Å². The molecule has 1 aromatic heterocycles. The number of anilines is 1. The Labute approximate surface area is 170 Å². The fourth-order valence-electron chi connectivity index (χ4n) is 2.99. The zero-order valence-electron chi connectivity index (χ0n) is 15.0. The molecule has 0 saturated heterocycles. The molecular weight excluding hydrogens is 426 g/mol. The molecule has 0 bridgehead atoms. The van der Waals surface area contributed by atoms with E-state index in [1.54, 1.807) is 24.9 Å². The number of rotatable bonds is 4. The number of fused-ring (bicyclic) bond motifs is 1. The minimum Gasteiger partial charge on any atom is -0.497 e. The normalized spacial score (nSPS) is 12.7. The highest BCUT2D eigenvalue weighted by Crippen LogP contribution is 2.36. The Hall–Kier alpha value is -2.25. The van der Waals surface area contributed by atoms with E-state index in [-0.39, 0.29) is 5.91 Å². The fraction of sp³-hybridized carbons (Fsp3) is 0.200. The number of aryl methyl sites for hydroxylation is 1. The number of hydrogen-bond acceptors (Lipinski definition) is 4. The van der Waals surface area contributed by atoms with Crippen molar-refractivity contribution in [2.24, 2.45) is 0 Å². The van der Waals surface area contributed by atoms with Gasteiger partial charge in [-0.05, 0) is 53.2 Å². The molecule has 2 heterocycles. The van der Waals surface area contributed by atoms with Crippen LogP contribution in [0, 0.1) is 6.92 Å². The number of aromatic nitrogens is 2. The van der Waals surface area contributed by atoms with E-state index in [9.17, 15) is 4.79 Å². The minimum absolute atomic E-state index is 0.200. The molecular formula is C20H18BrN3O2S. The van der Waals surface area contributed by atoms with E-state index in [0.29, 0.717) is 15.8 Å². The maximum atomic E-state index is 13.0. The SMILES string of the molecule is COc1ccc(Br)c(C(=O)Nc2c3c(nn2-c2ccc(C)cc2)CSC3)c1. The molecule has 0 radical (unpaired) electrons. The van der Waals surface area contributed by atoms with E-state index in [1.165, 1.54) is 5.56 Å². The highest BCUT2D eigenvalue weighted by atomic mass is 79.9. The first-order valence-electron chi connectivity index (χ1n) is 8.47. The van der Waals surface area contributed by atoms with Gasteiger partial charge in [0.2, 0.25) is 0 Å². The summed E-state index contributed by atoms with van der Waals surface area (Å²) in [6, 6.07) is 13.5. The van der Waals surface area contributed by atoms with Crippen molar-refractivity contribution < 1.29 is 9.53 Å². The van der Waals surface area contributed by atoms with E-state index in [2.05, 4.69) is 21.2 Å². The van der Waals surface area contributed by atoms with E-state index in [0.717, 1.165) is 34.3 Å². The van der Waals surface area contributed by atoms with Gasteiger partial charge in [0.25, 0.3) is 5.91 Å². The van der Waals surface area contributed by atoms with Crippen LogP contribution >= 0.6 is 27.7 Å². The Morgan fingerprint density at radius 1 is 1.22 bits per heavy atom. The third-order valence-electron chi connectivity index (χ3n) is 4.48. The van der Waals surface area contributed by atoms with Gasteiger partial charge in [0, 0.05) is 21.5 Å². The lowest BCUT2D eigenvalue weighted by Crippen LogP contribution is -2.17. The average Bonchev–Trinajstić information content (AvgIpc) is 3.25. The Morgan fingerprint density at radius 3 is 2.74 bits per heavy atom. The number of ether oxygens (including phenoxy) is 1. The van der Waals surface area contributed by atoms with Crippen LogP contribution in [0.5, 0.6) is 5.75 Å². The Morgan fingerprint density at radius 2 is 2.00 bits per heavy atom. The monoisotopic (exact) mass is 443 g/mol. The molecule has 27 heavy (non-hydrogen) atoms. The number of hydrogen-bond donors (Lipinski definition) is 1. The standard InChI is InChI=1S/C20H18BrN3O2S/c1-12-3-5-13(6-4-12)24-19(16-10-27-11-18(16)23-24)22-20(25)15-9-14(26-2)7-8-17(15)21/h3-9H,10-11H2,1-2H3,(H,22,25). The van der Waals surface area contributed by atoms with Crippen molar-refractivity contribution in [2.45, 2.75) is 18.4 Å². The molecule has 0 saturated carbocycles. The van der Waals surface area contributed by atoms with Crippen LogP contribution in [0.15, 0.2) is 46.9 Å². The number of methoxy groups -OCH3 is 1. The van der Waals surface area contributed by atoms with Crippen LogP contribution in [-0.2, 0) is 11.5 Å². The molecule has 4 rings (SSSR count). The quantitative estimate of drug-likeness (QED) is 0.619. The molecule has 138 valence electrons. The van der Waals surface area contributed by atoms with Crippen molar-refractivity contribution in [2.75, 3.05) is 12.4 Å². The van der Waals surface area contributed by atoms with Crippen molar-refractivity contribution in [3.8, 4) is 11.4 Å². The fourth-order valence-corrected chi connectivity index (χ4v) is 4.46. The third kappa shape index (κ3) is 3.49. The predicted octanol–water partition coefficient (Wildman–Crippen LogP) is 4.95. The number of halogens is 1. The third-order valence-corrected chi connectivity index (χ3v) is 6.14. The summed E-state index contributed by atoms with van der Waals surface area (Å²) in [4.78, 5) is 13.0. The number of benzene rings is 2. The molecule has 3 aromatic rings. The molecule has 7 heteroatoms. The summed E-state index contributed by atoms with van der Waals surface area (Å²) in [5, 5.41) is 7.81. The van der Waals surface area contributed by atoms with Crippen molar-refractivity contribution >= 4 is 39.4 Å². The largest absolute Gasteiger partial charge is 0.497 e. The zero-order chi connectivity index (χ0) is 19.0. The average molecular weight is 444 g/mol. The Balaban J connectivity index is 1.73. The highest BCUT2D eigenvalue weighted by Gasteiger charge is 2.25. The molecule has 0 atom stereocenters. The first-order chi connectivity index (χ1) is 13.1. The molecule has 0 fully saturated rings. The molecule has 1 N–H and O–H groups in total. The number of amides is 1. The highest BCUT2D eigenvalue weighted by molar-refractivity contribution is 9.10. The molecule has 1 aliphatic rings. The van der Waals surface area contributed by atoms with E-state index in [1.807, 2.05) is 48.0 Å². The maximum absolute atomic E-state index is 13.0. The van der Waals surface area contributed by atoms with Crippen molar-refractivity contribution in [3.05, 3.63) is 69.3 Å². The van der Waals surface area contributed by atoms with Gasteiger partial charge in [-0.25, -0.2) is 4.68 Å². The van der Waals surface area contributed by atoms with E-state index >= 15 is 0 Å². The zero-order valence-corrected chi connectivity index (χ0v) is 17.4. The maximum Gasteiger partial charge on any atom is 0.258 e. The van der Waals surface area contributed by atoms with E-state index in [4.69, 9.17) is 9.84 Å². The first kappa shape index (κ1) is 18.1. The van der Waals surface area contributed by atoms with Gasteiger partial charge < -0.3 is 10.1 Å². The Bertz CT molecular complexity index is 1010. The molecule has 0 spiro atoms. The summed E-state index contributed by atoms with van der Waals surface area (Å²) >= 11 is 5.26. The van der Waals surface area contributed by atoms with Crippen molar-refractivity contribution in [1.29, 1.82) is 0 Å². The van der Waals surface area contributed by atoms with Crippen LogP contribution in [0.4, 0.5) is 5.82 Å². The smallest absolute Gasteiger partial charge is 0.258 e. The second-order valence-corrected chi connectivity index (χ2v) is 8.15. The van der Waals surface area contributed by atoms with Crippen LogP contribution < -0.4 is 10.1 Å².